The molecule has 0 radical (unpaired) electrons. The molecule has 2 fully saturated rings. The lowest BCUT2D eigenvalue weighted by Gasteiger charge is -2.37. The number of imide groups is 1. The van der Waals surface area contributed by atoms with Crippen molar-refractivity contribution in [1.82, 2.24) is 15.1 Å². The maximum absolute atomic E-state index is 13.0. The molecule has 10 nitrogen and oxygen atoms in total. The zero-order valence-corrected chi connectivity index (χ0v) is 18.2. The molecule has 2 heterocycles. The third-order valence-electron chi connectivity index (χ3n) is 5.19. The summed E-state index contributed by atoms with van der Waals surface area (Å²) in [4.78, 5) is 52.5. The summed E-state index contributed by atoms with van der Waals surface area (Å²) in [6.45, 7) is 5.50. The quantitative estimate of drug-likeness (QED) is 0.703. The van der Waals surface area contributed by atoms with E-state index in [-0.39, 0.29) is 25.9 Å². The number of anilines is 1. The number of ether oxygens (including phenoxy) is 2. The van der Waals surface area contributed by atoms with Gasteiger partial charge in [0, 0.05) is 18.8 Å². The Hall–Kier alpha value is -3.30. The monoisotopic (exact) mass is 432 g/mol. The molecule has 2 aliphatic heterocycles. The summed E-state index contributed by atoms with van der Waals surface area (Å²) in [5.41, 5.74) is -1.19. The average molecular weight is 432 g/mol. The van der Waals surface area contributed by atoms with Gasteiger partial charge in [0.1, 0.15) is 23.4 Å². The average Bonchev–Trinajstić information content (AvgIpc) is 2.92. The van der Waals surface area contributed by atoms with Crippen LogP contribution < -0.4 is 15.4 Å². The van der Waals surface area contributed by atoms with Crippen molar-refractivity contribution in [2.45, 2.75) is 44.8 Å². The third-order valence-corrected chi connectivity index (χ3v) is 5.19. The minimum Gasteiger partial charge on any atom is -0.497 e. The van der Waals surface area contributed by atoms with Gasteiger partial charge in [0.15, 0.2) is 0 Å². The Bertz CT molecular complexity index is 869. The van der Waals surface area contributed by atoms with Crippen molar-refractivity contribution < 1.29 is 28.7 Å². The van der Waals surface area contributed by atoms with Crippen LogP contribution >= 0.6 is 0 Å². The summed E-state index contributed by atoms with van der Waals surface area (Å²) in [5.74, 6) is -0.296. The molecule has 2 N–H and O–H groups in total. The van der Waals surface area contributed by atoms with E-state index in [4.69, 9.17) is 9.47 Å². The molecule has 0 saturated carbocycles. The van der Waals surface area contributed by atoms with Gasteiger partial charge in [0.2, 0.25) is 5.91 Å². The molecule has 1 aromatic rings. The van der Waals surface area contributed by atoms with E-state index in [1.807, 2.05) is 0 Å². The Balaban J connectivity index is 1.58. The van der Waals surface area contributed by atoms with E-state index in [1.165, 1.54) is 4.90 Å². The maximum atomic E-state index is 13.0. The zero-order chi connectivity index (χ0) is 22.8. The second kappa shape index (κ2) is 8.44. The predicted molar refractivity (Wildman–Crippen MR) is 112 cm³/mol. The maximum Gasteiger partial charge on any atom is 0.410 e. The van der Waals surface area contributed by atoms with Gasteiger partial charge in [-0.15, -0.1) is 0 Å². The minimum atomic E-state index is -1.10. The van der Waals surface area contributed by atoms with Crippen molar-refractivity contribution >= 4 is 29.6 Å². The van der Waals surface area contributed by atoms with Crippen LogP contribution in [0.25, 0.3) is 0 Å². The molecule has 1 aromatic carbocycles. The van der Waals surface area contributed by atoms with Gasteiger partial charge in [-0.05, 0) is 57.9 Å². The fraction of sp³-hybridized carbons (Fsp3) is 0.524. The normalized spacial score (nSPS) is 18.1. The zero-order valence-electron chi connectivity index (χ0n) is 18.2. The van der Waals surface area contributed by atoms with Crippen LogP contribution in [0.4, 0.5) is 15.3 Å². The number of benzene rings is 1. The van der Waals surface area contributed by atoms with Crippen LogP contribution in [0, 0.1) is 0 Å². The second-order valence-corrected chi connectivity index (χ2v) is 8.65. The van der Waals surface area contributed by atoms with Crippen LogP contribution in [0.5, 0.6) is 5.75 Å². The third kappa shape index (κ3) is 5.07. The van der Waals surface area contributed by atoms with E-state index in [2.05, 4.69) is 10.6 Å². The second-order valence-electron chi connectivity index (χ2n) is 8.65. The van der Waals surface area contributed by atoms with E-state index < -0.39 is 41.6 Å². The number of carbonyl (C=O) groups is 4. The molecular formula is C21H28N4O6. The molecule has 168 valence electrons. The van der Waals surface area contributed by atoms with Crippen molar-refractivity contribution in [2.24, 2.45) is 0 Å². The van der Waals surface area contributed by atoms with E-state index in [9.17, 15) is 19.2 Å². The van der Waals surface area contributed by atoms with Gasteiger partial charge >= 0.3 is 12.1 Å². The van der Waals surface area contributed by atoms with Crippen molar-refractivity contribution in [3.05, 3.63) is 24.3 Å². The molecule has 1 spiro atoms. The minimum absolute atomic E-state index is 0.257. The number of carbonyl (C=O) groups excluding carboxylic acids is 4. The van der Waals surface area contributed by atoms with Crippen LogP contribution in [0.15, 0.2) is 24.3 Å². The number of urea groups is 1. The van der Waals surface area contributed by atoms with Crippen LogP contribution in [0.3, 0.4) is 0 Å². The summed E-state index contributed by atoms with van der Waals surface area (Å²) in [7, 11) is 1.54. The number of hydrogen-bond acceptors (Lipinski definition) is 6. The van der Waals surface area contributed by atoms with Gasteiger partial charge in [-0.2, -0.15) is 0 Å². The van der Waals surface area contributed by atoms with Gasteiger partial charge < -0.3 is 25.0 Å². The van der Waals surface area contributed by atoms with Crippen LogP contribution in [-0.2, 0) is 14.3 Å². The lowest BCUT2D eigenvalue weighted by Crippen LogP contribution is -2.56. The number of piperidine rings is 1. The number of likely N-dealkylation sites (tertiary alicyclic amines) is 1. The van der Waals surface area contributed by atoms with Gasteiger partial charge in [0.25, 0.3) is 5.91 Å². The predicted octanol–water partition coefficient (Wildman–Crippen LogP) is 1.96. The fourth-order valence-electron chi connectivity index (χ4n) is 3.57. The first-order chi connectivity index (χ1) is 14.5. The largest absolute Gasteiger partial charge is 0.497 e. The van der Waals surface area contributed by atoms with Crippen LogP contribution in [0.2, 0.25) is 0 Å². The summed E-state index contributed by atoms with van der Waals surface area (Å²) >= 11 is 0. The van der Waals surface area contributed by atoms with Gasteiger partial charge in [0.05, 0.1) is 7.11 Å². The van der Waals surface area contributed by atoms with Crippen LogP contribution in [-0.4, -0.2) is 71.6 Å². The molecule has 0 aliphatic carbocycles. The number of nitrogens with one attached hydrogen (secondary N) is 2. The molecule has 0 aromatic heterocycles. The molecule has 2 aliphatic rings. The lowest BCUT2D eigenvalue weighted by atomic mass is 9.87. The van der Waals surface area contributed by atoms with Gasteiger partial charge in [-0.1, -0.05) is 0 Å². The first-order valence-corrected chi connectivity index (χ1v) is 10.1. The van der Waals surface area contributed by atoms with Crippen molar-refractivity contribution in [1.29, 1.82) is 0 Å². The van der Waals surface area contributed by atoms with Gasteiger partial charge in [-0.3, -0.25) is 14.5 Å². The Kier molecular flexibility index (Phi) is 6.10. The smallest absolute Gasteiger partial charge is 0.410 e. The standard InChI is InChI=1S/C21H28N4O6/c1-20(2,3)31-19(29)24-11-9-21(10-12-24)17(27)25(18(28)23-21)13-16(26)22-14-5-7-15(30-4)8-6-14/h5-8H,9-13H2,1-4H3,(H,22,26)(H,23,28). The summed E-state index contributed by atoms with van der Waals surface area (Å²) in [5, 5.41) is 5.38. The Morgan fingerprint density at radius 3 is 2.29 bits per heavy atom. The molecule has 5 amide bonds. The van der Waals surface area contributed by atoms with E-state index in [0.717, 1.165) is 4.90 Å². The molecule has 0 bridgehead atoms. The van der Waals surface area contributed by atoms with Gasteiger partial charge in [-0.25, -0.2) is 9.59 Å². The highest BCUT2D eigenvalue weighted by Crippen LogP contribution is 2.30. The van der Waals surface area contributed by atoms with E-state index in [0.29, 0.717) is 11.4 Å². The number of rotatable bonds is 4. The Morgan fingerprint density at radius 2 is 1.74 bits per heavy atom. The Morgan fingerprint density at radius 1 is 1.13 bits per heavy atom. The SMILES string of the molecule is COc1ccc(NC(=O)CN2C(=O)NC3(CCN(C(=O)OC(C)(C)C)CC3)C2=O)cc1. The van der Waals surface area contributed by atoms with E-state index in [1.54, 1.807) is 52.1 Å². The number of hydrogen-bond donors (Lipinski definition) is 2. The molecule has 0 unspecified atom stereocenters. The fourth-order valence-corrected chi connectivity index (χ4v) is 3.57. The molecule has 31 heavy (non-hydrogen) atoms. The first kappa shape index (κ1) is 22.4. The molecular weight excluding hydrogens is 404 g/mol. The van der Waals surface area contributed by atoms with Crippen LogP contribution in [0.1, 0.15) is 33.6 Å². The Labute approximate surface area is 180 Å². The molecule has 0 atom stereocenters. The van der Waals surface area contributed by atoms with Crippen molar-refractivity contribution in [3.8, 4) is 5.75 Å². The van der Waals surface area contributed by atoms with Crippen molar-refractivity contribution in [2.75, 3.05) is 32.1 Å². The van der Waals surface area contributed by atoms with Crippen molar-refractivity contribution in [3.63, 3.8) is 0 Å². The highest BCUT2D eigenvalue weighted by atomic mass is 16.6. The summed E-state index contributed by atoms with van der Waals surface area (Å²) in [6.07, 6.45) is 0.0655. The molecule has 3 rings (SSSR count). The number of amides is 5. The lowest BCUT2D eigenvalue weighted by molar-refractivity contribution is -0.135. The summed E-state index contributed by atoms with van der Waals surface area (Å²) in [6, 6.07) is 6.10. The van der Waals surface area contributed by atoms with E-state index >= 15 is 0 Å². The number of methoxy groups -OCH3 is 1. The highest BCUT2D eigenvalue weighted by Gasteiger charge is 2.53. The molecule has 10 heteroatoms. The highest BCUT2D eigenvalue weighted by molar-refractivity contribution is 6.10. The molecule has 2 saturated heterocycles. The first-order valence-electron chi connectivity index (χ1n) is 10.1. The number of nitrogens with zero attached hydrogens (tertiary/aromatic N) is 2. The summed E-state index contributed by atoms with van der Waals surface area (Å²) < 4.78 is 10.4. The topological polar surface area (TPSA) is 117 Å².